The molecule has 0 aromatic carbocycles. The van der Waals surface area contributed by atoms with Crippen LogP contribution < -0.4 is 0 Å². The highest BCUT2D eigenvalue weighted by Crippen LogP contribution is 2.34. The topological polar surface area (TPSA) is 37.3 Å². The van der Waals surface area contributed by atoms with E-state index in [1.807, 2.05) is 12.2 Å². The maximum absolute atomic E-state index is 10.9. The zero-order chi connectivity index (χ0) is 11.0. The van der Waals surface area contributed by atoms with Crippen LogP contribution in [0.15, 0.2) is 24.3 Å². The van der Waals surface area contributed by atoms with Crippen LogP contribution in [0, 0.1) is 5.41 Å². The van der Waals surface area contributed by atoms with Gasteiger partial charge in [0.15, 0.2) is 0 Å². The van der Waals surface area contributed by atoms with Crippen molar-refractivity contribution < 1.29 is 9.90 Å². The molecule has 0 heterocycles. The van der Waals surface area contributed by atoms with Crippen molar-refractivity contribution in [1.82, 2.24) is 0 Å². The maximum Gasteiger partial charge on any atom is 0.317 e. The molecule has 0 amide bonds. The Morgan fingerprint density at radius 3 is 2.00 bits per heavy atom. The Balaban J connectivity index is 2.85. The molecule has 0 saturated carbocycles. The second-order valence-electron chi connectivity index (χ2n) is 5.20. The Hall–Kier alpha value is -0.833. The van der Waals surface area contributed by atoms with Crippen molar-refractivity contribution in [1.29, 1.82) is 0 Å². The molecule has 0 fully saturated rings. The Morgan fingerprint density at radius 2 is 1.71 bits per heavy atom. The van der Waals surface area contributed by atoms with Gasteiger partial charge in [-0.05, 0) is 12.5 Å². The Bertz CT molecular complexity index is 283. The van der Waals surface area contributed by atoms with Crippen LogP contribution in [0.25, 0.3) is 0 Å². The SMILES string of the molecule is CC1(C(=O)O)C=CC([Si](C)(C)C)C=C1. The molecule has 14 heavy (non-hydrogen) atoms. The number of rotatable bonds is 2. The minimum atomic E-state index is -1.22. The lowest BCUT2D eigenvalue weighted by Gasteiger charge is -2.29. The van der Waals surface area contributed by atoms with Gasteiger partial charge in [-0.2, -0.15) is 0 Å². The monoisotopic (exact) mass is 210 g/mol. The van der Waals surface area contributed by atoms with Crippen LogP contribution >= 0.6 is 0 Å². The number of carboxylic acids is 1. The van der Waals surface area contributed by atoms with Crippen LogP contribution in [0.3, 0.4) is 0 Å². The quantitative estimate of drug-likeness (QED) is 0.562. The van der Waals surface area contributed by atoms with Gasteiger partial charge in [-0.1, -0.05) is 43.9 Å². The predicted octanol–water partition coefficient (Wildman–Crippen LogP) is 2.91. The highest BCUT2D eigenvalue weighted by atomic mass is 28.3. The number of carboxylic acid groups (broad SMARTS) is 1. The normalized spacial score (nSPS) is 31.9. The summed E-state index contributed by atoms with van der Waals surface area (Å²) < 4.78 is 0. The summed E-state index contributed by atoms with van der Waals surface area (Å²) in [5, 5.41) is 9.00. The second-order valence-corrected chi connectivity index (χ2v) is 10.6. The van der Waals surface area contributed by atoms with Crippen molar-refractivity contribution in [2.45, 2.75) is 32.1 Å². The van der Waals surface area contributed by atoms with E-state index in [0.717, 1.165) is 0 Å². The lowest BCUT2D eigenvalue weighted by atomic mass is 9.86. The average Bonchev–Trinajstić information content (AvgIpc) is 2.03. The molecule has 0 bridgehead atoms. The van der Waals surface area contributed by atoms with Crippen LogP contribution in [-0.2, 0) is 4.79 Å². The highest BCUT2D eigenvalue weighted by molar-refractivity contribution is 6.78. The second kappa shape index (κ2) is 3.39. The molecule has 78 valence electrons. The van der Waals surface area contributed by atoms with Gasteiger partial charge >= 0.3 is 5.97 Å². The summed E-state index contributed by atoms with van der Waals surface area (Å²) in [5.41, 5.74) is -0.328. The first-order valence-corrected chi connectivity index (χ1v) is 8.45. The third kappa shape index (κ3) is 2.15. The Kier molecular flexibility index (Phi) is 2.72. The van der Waals surface area contributed by atoms with Crippen LogP contribution in [0.4, 0.5) is 0 Å². The predicted molar refractivity (Wildman–Crippen MR) is 61.1 cm³/mol. The van der Waals surface area contributed by atoms with E-state index in [0.29, 0.717) is 5.54 Å². The molecule has 0 atom stereocenters. The molecule has 0 aromatic rings. The molecule has 0 aliphatic heterocycles. The Labute approximate surface area is 86.3 Å². The molecule has 0 unspecified atom stereocenters. The van der Waals surface area contributed by atoms with Gasteiger partial charge in [0.25, 0.3) is 0 Å². The highest BCUT2D eigenvalue weighted by Gasteiger charge is 2.32. The van der Waals surface area contributed by atoms with Crippen molar-refractivity contribution in [2.75, 3.05) is 0 Å². The molecule has 1 rings (SSSR count). The summed E-state index contributed by atoms with van der Waals surface area (Å²) in [4.78, 5) is 10.9. The van der Waals surface area contributed by atoms with Gasteiger partial charge < -0.3 is 5.11 Å². The largest absolute Gasteiger partial charge is 0.480 e. The lowest BCUT2D eigenvalue weighted by Crippen LogP contribution is -2.30. The first kappa shape index (κ1) is 11.2. The molecular formula is C11H18O2Si. The molecule has 1 aliphatic rings. The van der Waals surface area contributed by atoms with Gasteiger partial charge in [0, 0.05) is 0 Å². The van der Waals surface area contributed by atoms with Gasteiger partial charge in [-0.3, -0.25) is 4.79 Å². The Morgan fingerprint density at radius 1 is 1.29 bits per heavy atom. The van der Waals surface area contributed by atoms with Crippen molar-refractivity contribution >= 4 is 14.0 Å². The molecule has 1 aliphatic carbocycles. The zero-order valence-corrected chi connectivity index (χ0v) is 10.2. The molecule has 0 saturated heterocycles. The third-order valence-electron chi connectivity index (χ3n) is 2.76. The van der Waals surface area contributed by atoms with Crippen LogP contribution in [0.5, 0.6) is 0 Å². The standard InChI is InChI=1S/C11H18O2Si/c1-11(10(12)13)7-5-9(6-8-11)14(2,3)4/h5-9H,1-4H3,(H,12,13). The molecule has 0 spiro atoms. The molecule has 1 N–H and O–H groups in total. The van der Waals surface area contributed by atoms with E-state index < -0.39 is 19.5 Å². The first-order valence-electron chi connectivity index (χ1n) is 4.88. The summed E-state index contributed by atoms with van der Waals surface area (Å²) in [5.74, 6) is -0.779. The summed E-state index contributed by atoms with van der Waals surface area (Å²) in [6.45, 7) is 8.59. The fraction of sp³-hybridized carbons (Fsp3) is 0.545. The average molecular weight is 210 g/mol. The zero-order valence-electron chi connectivity index (χ0n) is 9.24. The minimum absolute atomic E-state index is 0.468. The lowest BCUT2D eigenvalue weighted by molar-refractivity contribution is -0.142. The van der Waals surface area contributed by atoms with E-state index >= 15 is 0 Å². The fourth-order valence-electron chi connectivity index (χ4n) is 1.45. The fourth-order valence-corrected chi connectivity index (χ4v) is 2.79. The van der Waals surface area contributed by atoms with Crippen molar-refractivity contribution in [3.8, 4) is 0 Å². The van der Waals surface area contributed by atoms with Crippen LogP contribution in [0.2, 0.25) is 25.2 Å². The van der Waals surface area contributed by atoms with Gasteiger partial charge in [0.1, 0.15) is 5.41 Å². The van der Waals surface area contributed by atoms with Crippen molar-refractivity contribution in [3.63, 3.8) is 0 Å². The number of carbonyl (C=O) groups is 1. The first-order chi connectivity index (χ1) is 6.26. The number of aliphatic carboxylic acids is 1. The molecule has 2 nitrogen and oxygen atoms in total. The van der Waals surface area contributed by atoms with Crippen LogP contribution in [-0.4, -0.2) is 19.1 Å². The van der Waals surface area contributed by atoms with Gasteiger partial charge in [-0.25, -0.2) is 0 Å². The van der Waals surface area contributed by atoms with E-state index in [9.17, 15) is 4.79 Å². The molecular weight excluding hydrogens is 192 g/mol. The summed E-state index contributed by atoms with van der Waals surface area (Å²) in [6.07, 6.45) is 7.75. The molecule has 0 aromatic heterocycles. The summed E-state index contributed by atoms with van der Waals surface area (Å²) in [7, 11) is -1.22. The third-order valence-corrected chi connectivity index (χ3v) is 5.15. The number of allylic oxidation sites excluding steroid dienone is 2. The van der Waals surface area contributed by atoms with Gasteiger partial charge in [0.05, 0.1) is 8.07 Å². The molecule has 3 heteroatoms. The number of hydrogen-bond acceptors (Lipinski definition) is 1. The van der Waals surface area contributed by atoms with E-state index in [1.165, 1.54) is 0 Å². The van der Waals surface area contributed by atoms with E-state index in [-0.39, 0.29) is 0 Å². The maximum atomic E-state index is 10.9. The van der Waals surface area contributed by atoms with Crippen LogP contribution in [0.1, 0.15) is 6.92 Å². The van der Waals surface area contributed by atoms with Crippen molar-refractivity contribution in [3.05, 3.63) is 24.3 Å². The minimum Gasteiger partial charge on any atom is -0.480 e. The smallest absolute Gasteiger partial charge is 0.317 e. The van der Waals surface area contributed by atoms with E-state index in [4.69, 9.17) is 5.11 Å². The van der Waals surface area contributed by atoms with E-state index in [2.05, 4.69) is 31.8 Å². The van der Waals surface area contributed by atoms with Gasteiger partial charge in [-0.15, -0.1) is 0 Å². The molecule has 0 radical (unpaired) electrons. The van der Waals surface area contributed by atoms with Gasteiger partial charge in [0.2, 0.25) is 0 Å². The number of hydrogen-bond donors (Lipinski definition) is 1. The van der Waals surface area contributed by atoms with Crippen molar-refractivity contribution in [2.24, 2.45) is 5.41 Å². The van der Waals surface area contributed by atoms with E-state index in [1.54, 1.807) is 6.92 Å². The summed E-state index contributed by atoms with van der Waals surface area (Å²) >= 11 is 0. The summed E-state index contributed by atoms with van der Waals surface area (Å²) in [6, 6.07) is 0.